The Kier molecular flexibility index (Phi) is 5.49. The van der Waals surface area contributed by atoms with Crippen LogP contribution in [0.1, 0.15) is 25.3 Å². The van der Waals surface area contributed by atoms with Gasteiger partial charge in [-0.2, -0.15) is 0 Å². The monoisotopic (exact) mass is 281 g/mol. The van der Waals surface area contributed by atoms with Gasteiger partial charge in [0, 0.05) is 43.4 Å². The van der Waals surface area contributed by atoms with Crippen LogP contribution < -0.4 is 10.3 Å². The van der Waals surface area contributed by atoms with Crippen molar-refractivity contribution < 1.29 is 0 Å². The summed E-state index contributed by atoms with van der Waals surface area (Å²) in [6, 6.07) is 6.14. The minimum atomic E-state index is 0.823. The topological polar surface area (TPSA) is 18.5 Å². The van der Waals surface area contributed by atoms with Gasteiger partial charge in [-0.15, -0.1) is 0 Å². The molecule has 0 saturated carbocycles. The van der Waals surface area contributed by atoms with E-state index in [0.29, 0.717) is 0 Å². The molecule has 0 radical (unpaired) electrons. The number of aryl methyl sites for hydroxylation is 1. The summed E-state index contributed by atoms with van der Waals surface area (Å²) in [4.78, 5) is 2.43. The van der Waals surface area contributed by atoms with Gasteiger partial charge in [-0.05, 0) is 31.0 Å². The van der Waals surface area contributed by atoms with Gasteiger partial charge in [0.2, 0.25) is 0 Å². The minimum Gasteiger partial charge on any atom is -0.369 e. The molecule has 0 aromatic heterocycles. The molecule has 3 nitrogen and oxygen atoms in total. The van der Waals surface area contributed by atoms with Crippen LogP contribution in [-0.2, 0) is 0 Å². The SMILES string of the molecule is CCCCNN1CCN(c2cc(Cl)ccc2C)CC1. The Bertz CT molecular complexity index is 400. The molecule has 1 saturated heterocycles. The molecule has 0 unspecified atom stereocenters. The smallest absolute Gasteiger partial charge is 0.0426 e. The molecule has 4 heteroatoms. The Morgan fingerprint density at radius 3 is 2.63 bits per heavy atom. The first kappa shape index (κ1) is 14.6. The second-order valence-corrected chi connectivity index (χ2v) is 5.60. The highest BCUT2D eigenvalue weighted by molar-refractivity contribution is 6.30. The van der Waals surface area contributed by atoms with Crippen LogP contribution in [0.3, 0.4) is 0 Å². The van der Waals surface area contributed by atoms with Crippen LogP contribution in [0.2, 0.25) is 5.02 Å². The third-order valence-electron chi connectivity index (χ3n) is 3.66. The summed E-state index contributed by atoms with van der Waals surface area (Å²) in [5.41, 5.74) is 6.08. The molecule has 0 spiro atoms. The Labute approximate surface area is 121 Å². The van der Waals surface area contributed by atoms with Gasteiger partial charge in [0.05, 0.1) is 0 Å². The summed E-state index contributed by atoms with van der Waals surface area (Å²) in [5, 5.41) is 3.16. The summed E-state index contributed by atoms with van der Waals surface area (Å²) >= 11 is 6.10. The quantitative estimate of drug-likeness (QED) is 0.837. The second-order valence-electron chi connectivity index (χ2n) is 5.17. The summed E-state index contributed by atoms with van der Waals surface area (Å²) in [7, 11) is 0. The molecule has 19 heavy (non-hydrogen) atoms. The standard InChI is InChI=1S/C15H24ClN3/c1-3-4-7-17-19-10-8-18(9-11-19)15-12-14(16)6-5-13(15)2/h5-6,12,17H,3-4,7-11H2,1-2H3. The van der Waals surface area contributed by atoms with Crippen LogP contribution >= 0.6 is 11.6 Å². The van der Waals surface area contributed by atoms with Crippen molar-refractivity contribution in [2.75, 3.05) is 37.6 Å². The van der Waals surface area contributed by atoms with Crippen molar-refractivity contribution in [2.45, 2.75) is 26.7 Å². The van der Waals surface area contributed by atoms with Crippen molar-refractivity contribution >= 4 is 17.3 Å². The van der Waals surface area contributed by atoms with Crippen molar-refractivity contribution in [3.05, 3.63) is 28.8 Å². The van der Waals surface area contributed by atoms with Gasteiger partial charge in [0.15, 0.2) is 0 Å². The molecular weight excluding hydrogens is 258 g/mol. The number of unbranched alkanes of at least 4 members (excludes halogenated alkanes) is 1. The van der Waals surface area contributed by atoms with Crippen LogP contribution in [0.5, 0.6) is 0 Å². The molecule has 1 heterocycles. The molecule has 1 fully saturated rings. The number of anilines is 1. The third-order valence-corrected chi connectivity index (χ3v) is 3.89. The Morgan fingerprint density at radius 1 is 1.21 bits per heavy atom. The fraction of sp³-hybridized carbons (Fsp3) is 0.600. The minimum absolute atomic E-state index is 0.823. The maximum Gasteiger partial charge on any atom is 0.0426 e. The van der Waals surface area contributed by atoms with E-state index in [2.05, 4.69) is 41.3 Å². The molecule has 1 N–H and O–H groups in total. The van der Waals surface area contributed by atoms with Crippen molar-refractivity contribution in [3.8, 4) is 0 Å². The average Bonchev–Trinajstić information content (AvgIpc) is 2.43. The Hall–Kier alpha value is -0.770. The van der Waals surface area contributed by atoms with E-state index >= 15 is 0 Å². The van der Waals surface area contributed by atoms with E-state index in [-0.39, 0.29) is 0 Å². The Balaban J connectivity index is 1.87. The number of hydrogen-bond acceptors (Lipinski definition) is 3. The lowest BCUT2D eigenvalue weighted by atomic mass is 10.1. The molecule has 106 valence electrons. The number of nitrogens with one attached hydrogen (secondary N) is 1. The van der Waals surface area contributed by atoms with E-state index in [9.17, 15) is 0 Å². The number of halogens is 1. The predicted molar refractivity (Wildman–Crippen MR) is 82.9 cm³/mol. The van der Waals surface area contributed by atoms with Crippen molar-refractivity contribution in [2.24, 2.45) is 0 Å². The van der Waals surface area contributed by atoms with E-state index in [1.54, 1.807) is 0 Å². The summed E-state index contributed by atoms with van der Waals surface area (Å²) < 4.78 is 0. The normalized spacial score (nSPS) is 16.9. The zero-order chi connectivity index (χ0) is 13.7. The molecular formula is C15H24ClN3. The van der Waals surface area contributed by atoms with Gasteiger partial charge in [0.1, 0.15) is 0 Å². The first-order valence-corrected chi connectivity index (χ1v) is 7.58. The summed E-state index contributed by atoms with van der Waals surface area (Å²) in [6.07, 6.45) is 2.49. The first-order chi connectivity index (χ1) is 9.20. The molecule has 1 aromatic carbocycles. The third kappa shape index (κ3) is 4.10. The van der Waals surface area contributed by atoms with E-state index in [0.717, 1.165) is 37.7 Å². The predicted octanol–water partition coefficient (Wildman–Crippen LogP) is 3.08. The molecule has 0 atom stereocenters. The Morgan fingerprint density at radius 2 is 1.95 bits per heavy atom. The summed E-state index contributed by atoms with van der Waals surface area (Å²) in [6.45, 7) is 9.71. The lowest BCUT2D eigenvalue weighted by molar-refractivity contribution is 0.175. The largest absolute Gasteiger partial charge is 0.369 e. The molecule has 1 aliphatic heterocycles. The second kappa shape index (κ2) is 7.13. The number of rotatable bonds is 5. The zero-order valence-electron chi connectivity index (χ0n) is 12.0. The lowest BCUT2D eigenvalue weighted by Crippen LogP contribution is -2.52. The van der Waals surface area contributed by atoms with Gasteiger partial charge in [-0.3, -0.25) is 5.43 Å². The van der Waals surface area contributed by atoms with Crippen LogP contribution in [0, 0.1) is 6.92 Å². The van der Waals surface area contributed by atoms with E-state index in [1.807, 2.05) is 6.07 Å². The van der Waals surface area contributed by atoms with E-state index in [1.165, 1.54) is 24.1 Å². The average molecular weight is 282 g/mol. The van der Waals surface area contributed by atoms with Crippen molar-refractivity contribution in [3.63, 3.8) is 0 Å². The highest BCUT2D eigenvalue weighted by Crippen LogP contribution is 2.25. The van der Waals surface area contributed by atoms with Crippen LogP contribution in [0.25, 0.3) is 0 Å². The number of nitrogens with zero attached hydrogens (tertiary/aromatic N) is 2. The van der Waals surface area contributed by atoms with Crippen molar-refractivity contribution in [1.29, 1.82) is 0 Å². The van der Waals surface area contributed by atoms with E-state index < -0.39 is 0 Å². The number of piperazine rings is 1. The van der Waals surface area contributed by atoms with Crippen molar-refractivity contribution in [1.82, 2.24) is 10.4 Å². The molecule has 0 amide bonds. The zero-order valence-corrected chi connectivity index (χ0v) is 12.7. The van der Waals surface area contributed by atoms with E-state index in [4.69, 9.17) is 11.6 Å². The van der Waals surface area contributed by atoms with Crippen LogP contribution in [0.4, 0.5) is 5.69 Å². The number of hydrogen-bond donors (Lipinski definition) is 1. The van der Waals surface area contributed by atoms with Gasteiger partial charge < -0.3 is 4.90 Å². The fourth-order valence-corrected chi connectivity index (χ4v) is 2.61. The van der Waals surface area contributed by atoms with Gasteiger partial charge >= 0.3 is 0 Å². The van der Waals surface area contributed by atoms with Gasteiger partial charge in [-0.25, -0.2) is 5.01 Å². The molecule has 2 rings (SSSR count). The highest BCUT2D eigenvalue weighted by atomic mass is 35.5. The number of hydrazine groups is 1. The van der Waals surface area contributed by atoms with Crippen LogP contribution in [0.15, 0.2) is 18.2 Å². The maximum absolute atomic E-state index is 6.10. The summed E-state index contributed by atoms with van der Waals surface area (Å²) in [5.74, 6) is 0. The van der Waals surface area contributed by atoms with Gasteiger partial charge in [-0.1, -0.05) is 31.0 Å². The maximum atomic E-state index is 6.10. The van der Waals surface area contributed by atoms with Gasteiger partial charge in [0.25, 0.3) is 0 Å². The molecule has 1 aromatic rings. The molecule has 0 bridgehead atoms. The molecule has 1 aliphatic rings. The lowest BCUT2D eigenvalue weighted by Gasteiger charge is -2.37. The van der Waals surface area contributed by atoms with Crippen LogP contribution in [-0.4, -0.2) is 37.7 Å². The number of benzene rings is 1. The highest BCUT2D eigenvalue weighted by Gasteiger charge is 2.18. The fourth-order valence-electron chi connectivity index (χ4n) is 2.44. The molecule has 0 aliphatic carbocycles. The first-order valence-electron chi connectivity index (χ1n) is 7.20.